The molecule has 1 heterocycles. The number of hydrogen-bond donors (Lipinski definition) is 3. The van der Waals surface area contributed by atoms with Crippen molar-refractivity contribution in [2.45, 2.75) is 51.7 Å². The predicted molar refractivity (Wildman–Crippen MR) is 187 cm³/mol. The van der Waals surface area contributed by atoms with Gasteiger partial charge in [0.2, 0.25) is 10.0 Å². The van der Waals surface area contributed by atoms with E-state index in [0.29, 0.717) is 23.5 Å². The Bertz CT molecular complexity index is 2080. The molecule has 4 rings (SSSR count). The summed E-state index contributed by atoms with van der Waals surface area (Å²) in [6.07, 6.45) is -0.685. The number of rotatable bonds is 15. The average molecular weight is 724 g/mol. The molecule has 0 bridgehead atoms. The Morgan fingerprint density at radius 2 is 1.69 bits per heavy atom. The minimum atomic E-state index is -4.08. The number of alkyl carbamates (subject to hydrolysis) is 1. The van der Waals surface area contributed by atoms with Gasteiger partial charge in [-0.05, 0) is 88.2 Å². The highest BCUT2D eigenvalue weighted by molar-refractivity contribution is 7.89. The Morgan fingerprint density at radius 3 is 2.35 bits per heavy atom. The molecule has 16 heteroatoms. The first-order valence-corrected chi connectivity index (χ1v) is 17.6. The molecular formula is C35H41N5O10S. The third-order valence-electron chi connectivity index (χ3n) is 7.76. The van der Waals surface area contributed by atoms with E-state index >= 15 is 0 Å². The van der Waals surface area contributed by atoms with Crippen molar-refractivity contribution in [3.8, 4) is 11.4 Å². The molecule has 0 saturated carbocycles. The lowest BCUT2D eigenvalue weighted by atomic mass is 9.98. The molecule has 4 aromatic rings. The SMILES string of the molecule is CCOC(=O)c1c(C)cc2nc(COC(=O)NCCOC(=O)[C@@H](N)Cc3ccc(OCC)cc3)n(-c3ccccc3S(=O)(=O)NC)c(=O)c2c1C. The van der Waals surface area contributed by atoms with Crippen LogP contribution in [0.15, 0.2) is 64.3 Å². The third-order valence-corrected chi connectivity index (χ3v) is 9.22. The molecule has 1 atom stereocenters. The second-order valence-electron chi connectivity index (χ2n) is 11.2. The number of ether oxygens (including phenoxy) is 4. The number of carbonyl (C=O) groups excluding carboxylic acids is 3. The minimum Gasteiger partial charge on any atom is -0.494 e. The molecule has 4 N–H and O–H groups in total. The van der Waals surface area contributed by atoms with Gasteiger partial charge in [-0.1, -0.05) is 24.3 Å². The highest BCUT2D eigenvalue weighted by Crippen LogP contribution is 2.26. The largest absolute Gasteiger partial charge is 0.494 e. The lowest BCUT2D eigenvalue weighted by Gasteiger charge is -2.19. The molecule has 3 aromatic carbocycles. The standard InChI is InChI=1S/C35H41N5O10S/c1-6-47-24-14-12-23(13-15-24)19-25(36)33(42)49-17-16-38-35(44)50-20-29-39-26-18-21(3)30(34(43)48-7-2)22(4)31(26)32(41)40(29)27-10-8-9-11-28(27)51(45,46)37-5/h8-15,18,25,37H,6-7,16-17,19-20,36H2,1-5H3,(H,38,44)/t25-/m0/s1. The van der Waals surface area contributed by atoms with Crippen molar-refractivity contribution in [2.75, 3.05) is 33.4 Å². The van der Waals surface area contributed by atoms with Crippen LogP contribution in [-0.4, -0.2) is 75.5 Å². The summed E-state index contributed by atoms with van der Waals surface area (Å²) in [5.74, 6) is -0.676. The van der Waals surface area contributed by atoms with Crippen LogP contribution in [0.1, 0.15) is 46.7 Å². The van der Waals surface area contributed by atoms with E-state index in [2.05, 4.69) is 15.0 Å². The van der Waals surface area contributed by atoms with E-state index < -0.39 is 46.3 Å². The molecule has 51 heavy (non-hydrogen) atoms. The number of sulfonamides is 1. The summed E-state index contributed by atoms with van der Waals surface area (Å²) in [6, 6.07) is 13.5. The number of hydrogen-bond acceptors (Lipinski definition) is 12. The Morgan fingerprint density at radius 1 is 0.980 bits per heavy atom. The number of esters is 2. The van der Waals surface area contributed by atoms with Crippen LogP contribution in [0.3, 0.4) is 0 Å². The zero-order valence-electron chi connectivity index (χ0n) is 29.0. The Labute approximate surface area is 295 Å². The molecule has 1 amide bonds. The number of aryl methyl sites for hydroxylation is 2. The number of nitrogens with zero attached hydrogens (tertiary/aromatic N) is 2. The van der Waals surface area contributed by atoms with Crippen LogP contribution >= 0.6 is 0 Å². The molecule has 0 spiro atoms. The Hall–Kier alpha value is -5.32. The fraction of sp³-hybridized carbons (Fsp3) is 0.343. The maximum Gasteiger partial charge on any atom is 0.407 e. The van der Waals surface area contributed by atoms with E-state index in [1.54, 1.807) is 45.0 Å². The van der Waals surface area contributed by atoms with Crippen LogP contribution in [0.25, 0.3) is 16.6 Å². The van der Waals surface area contributed by atoms with Crippen molar-refractivity contribution in [1.82, 2.24) is 19.6 Å². The number of aromatic nitrogens is 2. The van der Waals surface area contributed by atoms with E-state index in [1.807, 2.05) is 6.92 Å². The van der Waals surface area contributed by atoms with Crippen LogP contribution in [0.5, 0.6) is 5.75 Å². The summed E-state index contributed by atoms with van der Waals surface area (Å²) >= 11 is 0. The van der Waals surface area contributed by atoms with Gasteiger partial charge < -0.3 is 30.0 Å². The summed E-state index contributed by atoms with van der Waals surface area (Å²) < 4.78 is 50.4. The summed E-state index contributed by atoms with van der Waals surface area (Å²) in [5.41, 5.74) is 7.24. The van der Waals surface area contributed by atoms with Gasteiger partial charge in [-0.15, -0.1) is 0 Å². The fourth-order valence-electron chi connectivity index (χ4n) is 5.40. The molecule has 1 aromatic heterocycles. The first-order chi connectivity index (χ1) is 24.3. The molecular weight excluding hydrogens is 682 g/mol. The zero-order chi connectivity index (χ0) is 37.3. The first kappa shape index (κ1) is 38.5. The lowest BCUT2D eigenvalue weighted by molar-refractivity contribution is -0.145. The number of carbonyl (C=O) groups is 3. The van der Waals surface area contributed by atoms with Gasteiger partial charge in [0.15, 0.2) is 12.4 Å². The van der Waals surface area contributed by atoms with Gasteiger partial charge in [0.05, 0.1) is 41.9 Å². The predicted octanol–water partition coefficient (Wildman–Crippen LogP) is 2.83. The van der Waals surface area contributed by atoms with Crippen LogP contribution in [0, 0.1) is 13.8 Å². The maximum absolute atomic E-state index is 14.2. The van der Waals surface area contributed by atoms with Crippen LogP contribution in [0.2, 0.25) is 0 Å². The quantitative estimate of drug-likeness (QED) is 0.0920. The second-order valence-corrected chi connectivity index (χ2v) is 13.1. The van der Waals surface area contributed by atoms with Gasteiger partial charge in [-0.25, -0.2) is 27.7 Å². The van der Waals surface area contributed by atoms with Crippen molar-refractivity contribution >= 4 is 39.0 Å². The van der Waals surface area contributed by atoms with Crippen molar-refractivity contribution in [3.05, 3.63) is 93.0 Å². The molecule has 272 valence electrons. The van der Waals surface area contributed by atoms with Crippen molar-refractivity contribution in [3.63, 3.8) is 0 Å². The van der Waals surface area contributed by atoms with Crippen LogP contribution in [0.4, 0.5) is 4.79 Å². The Kier molecular flexibility index (Phi) is 12.9. The molecule has 0 fully saturated rings. The third kappa shape index (κ3) is 9.08. The van der Waals surface area contributed by atoms with Gasteiger partial charge in [0, 0.05) is 0 Å². The number of para-hydroxylation sites is 1. The maximum atomic E-state index is 14.2. The molecule has 0 radical (unpaired) electrons. The lowest BCUT2D eigenvalue weighted by Crippen LogP contribution is -2.36. The number of nitrogens with one attached hydrogen (secondary N) is 2. The summed E-state index contributed by atoms with van der Waals surface area (Å²) in [7, 11) is -2.85. The second kappa shape index (κ2) is 17.1. The van der Waals surface area contributed by atoms with E-state index in [4.69, 9.17) is 24.7 Å². The Balaban J connectivity index is 1.53. The molecule has 0 aliphatic rings. The van der Waals surface area contributed by atoms with Crippen LogP contribution in [-0.2, 0) is 42.1 Å². The van der Waals surface area contributed by atoms with E-state index in [-0.39, 0.29) is 59.1 Å². The topological polar surface area (TPSA) is 207 Å². The smallest absolute Gasteiger partial charge is 0.407 e. The van der Waals surface area contributed by atoms with Crippen molar-refractivity contribution in [2.24, 2.45) is 5.73 Å². The highest BCUT2D eigenvalue weighted by atomic mass is 32.2. The number of amides is 1. The average Bonchev–Trinajstić information content (AvgIpc) is 3.10. The van der Waals surface area contributed by atoms with Gasteiger partial charge >= 0.3 is 18.0 Å². The molecule has 0 saturated heterocycles. The zero-order valence-corrected chi connectivity index (χ0v) is 29.8. The number of nitrogens with two attached hydrogens (primary N) is 1. The van der Waals surface area contributed by atoms with Gasteiger partial charge in [0.25, 0.3) is 5.56 Å². The molecule has 0 aliphatic carbocycles. The highest BCUT2D eigenvalue weighted by Gasteiger charge is 2.25. The summed E-state index contributed by atoms with van der Waals surface area (Å²) in [6.45, 7) is 6.57. The summed E-state index contributed by atoms with van der Waals surface area (Å²) in [4.78, 5) is 56.5. The number of fused-ring (bicyclic) bond motifs is 1. The van der Waals surface area contributed by atoms with Gasteiger partial charge in [-0.3, -0.25) is 14.2 Å². The first-order valence-electron chi connectivity index (χ1n) is 16.1. The minimum absolute atomic E-state index is 0.0519. The molecule has 15 nitrogen and oxygen atoms in total. The van der Waals surface area contributed by atoms with Gasteiger partial charge in [-0.2, -0.15) is 0 Å². The fourth-order valence-corrected chi connectivity index (χ4v) is 6.31. The normalized spacial score (nSPS) is 11.9. The molecule has 0 aliphatic heterocycles. The van der Waals surface area contributed by atoms with E-state index in [9.17, 15) is 27.6 Å². The van der Waals surface area contributed by atoms with Crippen LogP contribution < -0.4 is 26.1 Å². The van der Waals surface area contributed by atoms with E-state index in [0.717, 1.165) is 10.1 Å². The number of benzene rings is 3. The van der Waals surface area contributed by atoms with Gasteiger partial charge in [0.1, 0.15) is 23.3 Å². The van der Waals surface area contributed by atoms with E-state index in [1.165, 1.54) is 37.4 Å². The molecule has 0 unspecified atom stereocenters. The summed E-state index contributed by atoms with van der Waals surface area (Å²) in [5, 5.41) is 2.51. The van der Waals surface area contributed by atoms with Crippen molar-refractivity contribution in [1.29, 1.82) is 0 Å². The van der Waals surface area contributed by atoms with Crippen molar-refractivity contribution < 1.29 is 41.7 Å². The monoisotopic (exact) mass is 723 g/mol.